The summed E-state index contributed by atoms with van der Waals surface area (Å²) in [4.78, 5) is 12.3. The maximum absolute atomic E-state index is 12.3. The van der Waals surface area contributed by atoms with Crippen molar-refractivity contribution in [1.82, 2.24) is 5.32 Å². The quantitative estimate of drug-likeness (QED) is 0.501. The summed E-state index contributed by atoms with van der Waals surface area (Å²) >= 11 is 0. The molecule has 4 nitrogen and oxygen atoms in total. The fraction of sp³-hybridized carbons (Fsp3) is 0.278. The minimum Gasteiger partial charge on any atom is -0.488 e. The molecule has 0 bridgehead atoms. The molecule has 2 aromatic rings. The number of benzene rings is 2. The van der Waals surface area contributed by atoms with Crippen LogP contribution in [0.1, 0.15) is 15.9 Å². The molecule has 0 aliphatic carbocycles. The van der Waals surface area contributed by atoms with Crippen molar-refractivity contribution in [3.63, 3.8) is 0 Å². The molecule has 2 rings (SSSR count). The Kier molecular flexibility index (Phi) is 8.59. The summed E-state index contributed by atoms with van der Waals surface area (Å²) in [5.74, 6) is 2.27. The third-order valence-electron chi connectivity index (χ3n) is 3.12. The van der Waals surface area contributed by atoms with Crippen molar-refractivity contribution in [2.45, 2.75) is 6.61 Å². The summed E-state index contributed by atoms with van der Waals surface area (Å²) < 4.78 is 5.82. The third kappa shape index (κ3) is 6.47. The van der Waals surface area contributed by atoms with E-state index in [2.05, 4.69) is 5.32 Å². The summed E-state index contributed by atoms with van der Waals surface area (Å²) in [7, 11) is 3.44. The highest BCUT2D eigenvalue weighted by molar-refractivity contribution is 8.76. The van der Waals surface area contributed by atoms with E-state index in [0.29, 0.717) is 31.0 Å². The monoisotopic (exact) mass is 362 g/mol. The van der Waals surface area contributed by atoms with Crippen LogP contribution in [-0.4, -0.2) is 30.5 Å². The molecule has 0 heterocycles. The molecule has 2 aromatic carbocycles. The van der Waals surface area contributed by atoms with Crippen LogP contribution >= 0.6 is 21.6 Å². The first-order valence-corrected chi connectivity index (χ1v) is 10.3. The van der Waals surface area contributed by atoms with Crippen LogP contribution in [0.4, 0.5) is 0 Å². The number of ether oxygens (including phenoxy) is 1. The molecule has 0 aromatic heterocycles. The topological polar surface area (TPSA) is 64.3 Å². The second-order valence-electron chi connectivity index (χ2n) is 4.96. The Balaban J connectivity index is 1.84. The standard InChI is InChI=1S/C18H22N2O2S2/c19-10-12-23-24-13-11-20-18(21)16-8-4-5-9-17(16)22-14-15-6-2-1-3-7-15/h1-9H,10-14,19H2,(H,20,21). The second kappa shape index (κ2) is 11.0. The lowest BCUT2D eigenvalue weighted by molar-refractivity contribution is 0.0951. The molecule has 0 radical (unpaired) electrons. The van der Waals surface area contributed by atoms with Crippen LogP contribution < -0.4 is 15.8 Å². The first-order valence-electron chi connectivity index (χ1n) is 7.79. The molecule has 128 valence electrons. The van der Waals surface area contributed by atoms with Crippen LogP contribution in [0.5, 0.6) is 5.75 Å². The van der Waals surface area contributed by atoms with Gasteiger partial charge in [-0.15, -0.1) is 0 Å². The van der Waals surface area contributed by atoms with E-state index < -0.39 is 0 Å². The van der Waals surface area contributed by atoms with Gasteiger partial charge in [0.05, 0.1) is 5.56 Å². The Morgan fingerprint density at radius 3 is 2.50 bits per heavy atom. The van der Waals surface area contributed by atoms with E-state index in [1.54, 1.807) is 27.7 Å². The summed E-state index contributed by atoms with van der Waals surface area (Å²) in [5.41, 5.74) is 7.07. The minimum atomic E-state index is -0.108. The number of hydrogen-bond acceptors (Lipinski definition) is 5. The zero-order valence-electron chi connectivity index (χ0n) is 13.4. The Morgan fingerprint density at radius 1 is 1.00 bits per heavy atom. The number of amides is 1. The predicted octanol–water partition coefficient (Wildman–Crippen LogP) is 3.34. The molecule has 0 aliphatic heterocycles. The van der Waals surface area contributed by atoms with Gasteiger partial charge >= 0.3 is 0 Å². The molecule has 0 saturated carbocycles. The lowest BCUT2D eigenvalue weighted by Gasteiger charge is -2.11. The van der Waals surface area contributed by atoms with Crippen LogP contribution in [0.3, 0.4) is 0 Å². The maximum Gasteiger partial charge on any atom is 0.255 e. The molecular weight excluding hydrogens is 340 g/mol. The van der Waals surface area contributed by atoms with E-state index in [-0.39, 0.29) is 5.91 Å². The summed E-state index contributed by atoms with van der Waals surface area (Å²) in [6, 6.07) is 17.2. The smallest absolute Gasteiger partial charge is 0.255 e. The predicted molar refractivity (Wildman–Crippen MR) is 104 cm³/mol. The highest BCUT2D eigenvalue weighted by Crippen LogP contribution is 2.21. The van der Waals surface area contributed by atoms with E-state index in [4.69, 9.17) is 10.5 Å². The van der Waals surface area contributed by atoms with Gasteiger partial charge in [0.25, 0.3) is 5.91 Å². The fourth-order valence-corrected chi connectivity index (χ4v) is 3.75. The number of rotatable bonds is 10. The van der Waals surface area contributed by atoms with E-state index in [9.17, 15) is 4.79 Å². The van der Waals surface area contributed by atoms with E-state index in [1.807, 2.05) is 48.5 Å². The molecule has 24 heavy (non-hydrogen) atoms. The van der Waals surface area contributed by atoms with Crippen molar-refractivity contribution in [2.75, 3.05) is 24.6 Å². The van der Waals surface area contributed by atoms with Crippen LogP contribution in [0.2, 0.25) is 0 Å². The highest BCUT2D eigenvalue weighted by atomic mass is 33.1. The minimum absolute atomic E-state index is 0.108. The fourth-order valence-electron chi connectivity index (χ4n) is 1.98. The largest absolute Gasteiger partial charge is 0.488 e. The lowest BCUT2D eigenvalue weighted by atomic mass is 10.2. The molecule has 0 aliphatic rings. The van der Waals surface area contributed by atoms with E-state index >= 15 is 0 Å². The number of carbonyl (C=O) groups is 1. The van der Waals surface area contributed by atoms with Crippen molar-refractivity contribution >= 4 is 27.5 Å². The van der Waals surface area contributed by atoms with Gasteiger partial charge in [-0.3, -0.25) is 4.79 Å². The van der Waals surface area contributed by atoms with Gasteiger partial charge in [0.15, 0.2) is 0 Å². The molecule has 0 fully saturated rings. The molecular formula is C18H22N2O2S2. The number of nitrogens with one attached hydrogen (secondary N) is 1. The molecule has 0 unspecified atom stereocenters. The average molecular weight is 363 g/mol. The van der Waals surface area contributed by atoms with Crippen molar-refractivity contribution in [1.29, 1.82) is 0 Å². The van der Waals surface area contributed by atoms with Gasteiger partial charge in [-0.25, -0.2) is 0 Å². The number of nitrogens with two attached hydrogens (primary N) is 1. The molecule has 0 spiro atoms. The van der Waals surface area contributed by atoms with Crippen molar-refractivity contribution in [2.24, 2.45) is 5.73 Å². The number of carbonyl (C=O) groups excluding carboxylic acids is 1. The average Bonchev–Trinajstić information content (AvgIpc) is 2.64. The third-order valence-corrected chi connectivity index (χ3v) is 5.56. The Hall–Kier alpha value is -1.63. The van der Waals surface area contributed by atoms with Gasteiger partial charge in [0.1, 0.15) is 12.4 Å². The SMILES string of the molecule is NCCSSCCNC(=O)c1ccccc1OCc1ccccc1. The first-order chi connectivity index (χ1) is 11.8. The molecule has 1 amide bonds. The van der Waals surface area contributed by atoms with Gasteiger partial charge in [0.2, 0.25) is 0 Å². The van der Waals surface area contributed by atoms with Crippen molar-refractivity contribution in [3.8, 4) is 5.75 Å². The first kappa shape index (κ1) is 18.7. The zero-order valence-corrected chi connectivity index (χ0v) is 15.1. The molecule has 0 saturated heterocycles. The normalized spacial score (nSPS) is 10.4. The number of hydrogen-bond donors (Lipinski definition) is 2. The van der Waals surface area contributed by atoms with Crippen LogP contribution in [0, 0.1) is 0 Å². The van der Waals surface area contributed by atoms with Crippen molar-refractivity contribution in [3.05, 3.63) is 65.7 Å². The number of para-hydroxylation sites is 1. The van der Waals surface area contributed by atoms with E-state index in [1.165, 1.54) is 0 Å². The van der Waals surface area contributed by atoms with Gasteiger partial charge in [-0.1, -0.05) is 64.1 Å². The highest BCUT2D eigenvalue weighted by Gasteiger charge is 2.11. The Labute approximate surface area is 150 Å². The summed E-state index contributed by atoms with van der Waals surface area (Å²) in [6.07, 6.45) is 0. The molecule has 6 heteroatoms. The Morgan fingerprint density at radius 2 is 1.71 bits per heavy atom. The summed E-state index contributed by atoms with van der Waals surface area (Å²) in [5, 5.41) is 2.93. The van der Waals surface area contributed by atoms with Crippen LogP contribution in [-0.2, 0) is 6.61 Å². The van der Waals surface area contributed by atoms with Crippen molar-refractivity contribution < 1.29 is 9.53 Å². The maximum atomic E-state index is 12.3. The second-order valence-corrected chi connectivity index (χ2v) is 7.66. The van der Waals surface area contributed by atoms with Gasteiger partial charge < -0.3 is 15.8 Å². The van der Waals surface area contributed by atoms with Gasteiger partial charge in [-0.2, -0.15) is 0 Å². The summed E-state index contributed by atoms with van der Waals surface area (Å²) in [6.45, 7) is 1.74. The van der Waals surface area contributed by atoms with Crippen LogP contribution in [0.15, 0.2) is 54.6 Å². The van der Waals surface area contributed by atoms with E-state index in [0.717, 1.165) is 17.1 Å². The van der Waals surface area contributed by atoms with Crippen LogP contribution in [0.25, 0.3) is 0 Å². The Bertz CT molecular complexity index is 623. The van der Waals surface area contributed by atoms with Gasteiger partial charge in [0, 0.05) is 24.6 Å². The molecule has 3 N–H and O–H groups in total. The van der Waals surface area contributed by atoms with Gasteiger partial charge in [-0.05, 0) is 17.7 Å². The zero-order chi connectivity index (χ0) is 17.0. The molecule has 0 atom stereocenters. The lowest BCUT2D eigenvalue weighted by Crippen LogP contribution is -2.26.